The SMILES string of the molecule is Cc1cc(Nc2ncnc(Nc3ccc(N=Nc4ccccc4)cc3)c2[N+](=O)[O-])no1. The molecule has 11 nitrogen and oxygen atoms in total. The highest BCUT2D eigenvalue weighted by Crippen LogP contribution is 2.33. The van der Waals surface area contributed by atoms with E-state index in [-0.39, 0.29) is 17.3 Å². The van der Waals surface area contributed by atoms with Crippen molar-refractivity contribution in [3.63, 3.8) is 0 Å². The first-order chi connectivity index (χ1) is 15.1. The zero-order chi connectivity index (χ0) is 21.6. The molecule has 2 heterocycles. The zero-order valence-corrected chi connectivity index (χ0v) is 16.3. The van der Waals surface area contributed by atoms with E-state index in [4.69, 9.17) is 4.52 Å². The van der Waals surface area contributed by atoms with E-state index in [0.29, 0.717) is 23.0 Å². The van der Waals surface area contributed by atoms with Crippen LogP contribution in [-0.2, 0) is 0 Å². The quantitative estimate of drug-likeness (QED) is 0.225. The summed E-state index contributed by atoms with van der Waals surface area (Å²) in [7, 11) is 0. The van der Waals surface area contributed by atoms with E-state index < -0.39 is 4.92 Å². The van der Waals surface area contributed by atoms with Gasteiger partial charge >= 0.3 is 5.69 Å². The molecule has 0 amide bonds. The van der Waals surface area contributed by atoms with Gasteiger partial charge in [-0.05, 0) is 43.3 Å². The average Bonchev–Trinajstić information content (AvgIpc) is 3.18. The van der Waals surface area contributed by atoms with Gasteiger partial charge in [0.2, 0.25) is 11.6 Å². The summed E-state index contributed by atoms with van der Waals surface area (Å²) in [6, 6.07) is 17.9. The molecule has 0 aliphatic heterocycles. The van der Waals surface area contributed by atoms with Crippen LogP contribution in [-0.4, -0.2) is 20.0 Å². The van der Waals surface area contributed by atoms with E-state index in [1.54, 1.807) is 37.3 Å². The molecule has 0 fully saturated rings. The summed E-state index contributed by atoms with van der Waals surface area (Å²) < 4.78 is 4.96. The van der Waals surface area contributed by atoms with E-state index in [1.165, 1.54) is 6.33 Å². The number of hydrogen-bond donors (Lipinski definition) is 2. The van der Waals surface area contributed by atoms with Crippen LogP contribution in [0, 0.1) is 17.0 Å². The number of nitrogens with zero attached hydrogens (tertiary/aromatic N) is 6. The number of nitro groups is 1. The van der Waals surface area contributed by atoms with Gasteiger partial charge in [0.05, 0.1) is 16.3 Å². The number of hydrogen-bond acceptors (Lipinski definition) is 10. The molecular formula is C20H16N8O3. The lowest BCUT2D eigenvalue weighted by atomic mass is 10.3. The molecule has 11 heteroatoms. The first-order valence-electron chi connectivity index (χ1n) is 9.12. The van der Waals surface area contributed by atoms with Gasteiger partial charge in [-0.1, -0.05) is 23.4 Å². The maximum atomic E-state index is 11.7. The summed E-state index contributed by atoms with van der Waals surface area (Å²) in [4.78, 5) is 19.1. The van der Waals surface area contributed by atoms with Crippen molar-refractivity contribution in [1.29, 1.82) is 0 Å². The monoisotopic (exact) mass is 416 g/mol. The Balaban J connectivity index is 1.54. The van der Waals surface area contributed by atoms with Gasteiger partial charge in [-0.15, -0.1) is 0 Å². The third kappa shape index (κ3) is 4.85. The normalized spacial score (nSPS) is 10.9. The first kappa shape index (κ1) is 19.6. The number of aromatic nitrogens is 3. The van der Waals surface area contributed by atoms with Crippen LogP contribution in [0.4, 0.5) is 40.2 Å². The Morgan fingerprint density at radius 2 is 1.58 bits per heavy atom. The zero-order valence-electron chi connectivity index (χ0n) is 16.3. The smallest absolute Gasteiger partial charge is 0.353 e. The molecule has 0 aliphatic rings. The Bertz CT molecular complexity index is 1220. The first-order valence-corrected chi connectivity index (χ1v) is 9.12. The van der Waals surface area contributed by atoms with Gasteiger partial charge in [-0.25, -0.2) is 9.97 Å². The Morgan fingerprint density at radius 3 is 2.19 bits per heavy atom. The largest absolute Gasteiger partial charge is 0.360 e. The van der Waals surface area contributed by atoms with Crippen molar-refractivity contribution in [3.8, 4) is 0 Å². The Morgan fingerprint density at radius 1 is 0.935 bits per heavy atom. The highest BCUT2D eigenvalue weighted by molar-refractivity contribution is 5.76. The van der Waals surface area contributed by atoms with E-state index in [1.807, 2.05) is 30.3 Å². The molecule has 4 aromatic rings. The summed E-state index contributed by atoms with van der Waals surface area (Å²) in [6.45, 7) is 1.71. The van der Waals surface area contributed by atoms with Crippen LogP contribution in [0.2, 0.25) is 0 Å². The fourth-order valence-corrected chi connectivity index (χ4v) is 2.64. The standard InChI is InChI=1S/C20H16N8O3/c1-13-11-17(27-31-13)24-20-18(28(29)30)19(21-12-22-20)23-14-7-9-16(10-8-14)26-25-15-5-3-2-4-6-15/h2-12H,1H3,(H2,21,22,23,24,27). The minimum atomic E-state index is -0.569. The molecule has 2 N–H and O–H groups in total. The third-order valence-corrected chi connectivity index (χ3v) is 4.05. The van der Waals surface area contributed by atoms with Crippen molar-refractivity contribution in [3.05, 3.63) is 82.9 Å². The summed E-state index contributed by atoms with van der Waals surface area (Å²) >= 11 is 0. The number of nitrogens with one attached hydrogen (secondary N) is 2. The molecule has 2 aromatic heterocycles. The van der Waals surface area contributed by atoms with Gasteiger partial charge in [0.1, 0.15) is 12.1 Å². The highest BCUT2D eigenvalue weighted by Gasteiger charge is 2.24. The van der Waals surface area contributed by atoms with Crippen molar-refractivity contribution in [1.82, 2.24) is 15.1 Å². The molecule has 0 atom stereocenters. The lowest BCUT2D eigenvalue weighted by molar-refractivity contribution is -0.383. The van der Waals surface area contributed by atoms with Gasteiger partial charge in [-0.2, -0.15) is 10.2 Å². The van der Waals surface area contributed by atoms with Crippen LogP contribution in [0.3, 0.4) is 0 Å². The van der Waals surface area contributed by atoms with Crippen molar-refractivity contribution >= 4 is 40.2 Å². The Labute approximate surface area is 176 Å². The summed E-state index contributed by atoms with van der Waals surface area (Å²) in [5, 5.41) is 29.5. The molecule has 31 heavy (non-hydrogen) atoms. The maximum absolute atomic E-state index is 11.7. The van der Waals surface area contributed by atoms with Gasteiger partial charge in [-0.3, -0.25) is 10.1 Å². The van der Waals surface area contributed by atoms with Crippen molar-refractivity contribution < 1.29 is 9.45 Å². The molecule has 0 unspecified atom stereocenters. The molecular weight excluding hydrogens is 400 g/mol. The molecule has 2 aromatic carbocycles. The topological polar surface area (TPSA) is 144 Å². The van der Waals surface area contributed by atoms with Crippen molar-refractivity contribution in [2.24, 2.45) is 10.2 Å². The lowest BCUT2D eigenvalue weighted by Crippen LogP contribution is -2.05. The number of anilines is 4. The number of azo groups is 1. The average molecular weight is 416 g/mol. The van der Waals surface area contributed by atoms with Crippen LogP contribution < -0.4 is 10.6 Å². The van der Waals surface area contributed by atoms with Crippen LogP contribution in [0.5, 0.6) is 0 Å². The summed E-state index contributed by atoms with van der Waals surface area (Å²) in [5.41, 5.74) is 1.64. The van der Waals surface area contributed by atoms with E-state index >= 15 is 0 Å². The van der Waals surface area contributed by atoms with Crippen LogP contribution in [0.1, 0.15) is 5.76 Å². The molecule has 0 radical (unpaired) electrons. The number of benzene rings is 2. The summed E-state index contributed by atoms with van der Waals surface area (Å²) in [5.74, 6) is 0.880. The molecule has 154 valence electrons. The minimum Gasteiger partial charge on any atom is -0.360 e. The van der Waals surface area contributed by atoms with Crippen LogP contribution in [0.25, 0.3) is 0 Å². The maximum Gasteiger partial charge on any atom is 0.353 e. The van der Waals surface area contributed by atoms with Crippen molar-refractivity contribution in [2.75, 3.05) is 10.6 Å². The predicted molar refractivity (Wildman–Crippen MR) is 114 cm³/mol. The summed E-state index contributed by atoms with van der Waals surface area (Å²) in [6.07, 6.45) is 1.22. The van der Waals surface area contributed by atoms with Crippen LogP contribution >= 0.6 is 0 Å². The second-order valence-electron chi connectivity index (χ2n) is 6.33. The van der Waals surface area contributed by atoms with Crippen molar-refractivity contribution in [2.45, 2.75) is 6.92 Å². The Hall–Kier alpha value is -4.67. The van der Waals surface area contributed by atoms with Gasteiger partial charge < -0.3 is 15.2 Å². The molecule has 0 bridgehead atoms. The molecule has 0 saturated carbocycles. The second-order valence-corrected chi connectivity index (χ2v) is 6.33. The fourth-order valence-electron chi connectivity index (χ4n) is 2.64. The number of aryl methyl sites for hydroxylation is 1. The third-order valence-electron chi connectivity index (χ3n) is 4.05. The molecule has 0 saturated heterocycles. The second kappa shape index (κ2) is 8.78. The van der Waals surface area contributed by atoms with E-state index in [9.17, 15) is 10.1 Å². The molecule has 0 aliphatic carbocycles. The van der Waals surface area contributed by atoms with Gasteiger partial charge in [0.25, 0.3) is 0 Å². The minimum absolute atomic E-state index is 0.0101. The van der Waals surface area contributed by atoms with E-state index in [0.717, 1.165) is 5.69 Å². The van der Waals surface area contributed by atoms with Gasteiger partial charge in [0.15, 0.2) is 5.82 Å². The fraction of sp³-hybridized carbons (Fsp3) is 0.0500. The molecule has 0 spiro atoms. The van der Waals surface area contributed by atoms with Gasteiger partial charge in [0, 0.05) is 11.8 Å². The predicted octanol–water partition coefficient (Wildman–Crippen LogP) is 5.58. The highest BCUT2D eigenvalue weighted by atomic mass is 16.6. The Kier molecular flexibility index (Phi) is 5.56. The van der Waals surface area contributed by atoms with E-state index in [2.05, 4.69) is 36.0 Å². The number of rotatable bonds is 7. The molecule has 4 rings (SSSR count). The van der Waals surface area contributed by atoms with Crippen LogP contribution in [0.15, 0.2) is 81.7 Å². The lowest BCUT2D eigenvalue weighted by Gasteiger charge is -2.09.